The minimum absolute atomic E-state index is 0.225. The van der Waals surface area contributed by atoms with E-state index >= 15 is 0 Å². The minimum atomic E-state index is -0.245. The van der Waals surface area contributed by atoms with Crippen LogP contribution in [-0.2, 0) is 11.2 Å². The molecule has 10 heteroatoms. The van der Waals surface area contributed by atoms with Crippen molar-refractivity contribution in [1.29, 1.82) is 0 Å². The molecule has 1 aromatic carbocycles. The number of anilines is 1. The van der Waals surface area contributed by atoms with E-state index in [4.69, 9.17) is 21.7 Å². The van der Waals surface area contributed by atoms with Crippen LogP contribution in [0.25, 0.3) is 11.7 Å². The summed E-state index contributed by atoms with van der Waals surface area (Å²) in [6.07, 6.45) is 3.86. The SMILES string of the molecule is CCNc1nc2c(C)cccn2c(=O)c1/C=C1/SC(=S)N(CCc2ccc(OC)c(OC)c2)C1=O. The first-order chi connectivity index (χ1) is 16.9. The molecule has 1 amide bonds. The summed E-state index contributed by atoms with van der Waals surface area (Å²) in [5.41, 5.74) is 2.54. The Morgan fingerprint density at radius 2 is 1.94 bits per heavy atom. The average Bonchev–Trinajstić information content (AvgIpc) is 3.12. The van der Waals surface area contributed by atoms with Gasteiger partial charge in [0.15, 0.2) is 11.5 Å². The highest BCUT2D eigenvalue weighted by molar-refractivity contribution is 8.26. The molecule has 0 atom stereocenters. The molecule has 3 heterocycles. The largest absolute Gasteiger partial charge is 0.493 e. The highest BCUT2D eigenvalue weighted by atomic mass is 32.2. The zero-order valence-electron chi connectivity index (χ0n) is 20.0. The number of carbonyl (C=O) groups excluding carboxylic acids is 1. The Hall–Kier alpha value is -3.37. The zero-order chi connectivity index (χ0) is 25.1. The fraction of sp³-hybridized carbons (Fsp3) is 0.280. The molecule has 182 valence electrons. The van der Waals surface area contributed by atoms with Gasteiger partial charge in [0.25, 0.3) is 11.5 Å². The van der Waals surface area contributed by atoms with E-state index in [0.717, 1.165) is 11.1 Å². The summed E-state index contributed by atoms with van der Waals surface area (Å²) in [7, 11) is 3.17. The van der Waals surface area contributed by atoms with Crippen molar-refractivity contribution in [3.63, 3.8) is 0 Å². The van der Waals surface area contributed by atoms with Crippen LogP contribution < -0.4 is 20.3 Å². The van der Waals surface area contributed by atoms with E-state index < -0.39 is 0 Å². The van der Waals surface area contributed by atoms with Crippen LogP contribution in [0.4, 0.5) is 5.82 Å². The number of carbonyl (C=O) groups is 1. The molecule has 8 nitrogen and oxygen atoms in total. The Labute approximate surface area is 212 Å². The molecule has 2 aromatic heterocycles. The molecule has 1 aliphatic heterocycles. The summed E-state index contributed by atoms with van der Waals surface area (Å²) < 4.78 is 12.6. The van der Waals surface area contributed by atoms with Gasteiger partial charge >= 0.3 is 0 Å². The van der Waals surface area contributed by atoms with Crippen molar-refractivity contribution >= 4 is 51.7 Å². The second-order valence-corrected chi connectivity index (χ2v) is 9.54. The van der Waals surface area contributed by atoms with Crippen LogP contribution >= 0.6 is 24.0 Å². The fourth-order valence-electron chi connectivity index (χ4n) is 3.84. The van der Waals surface area contributed by atoms with Crippen molar-refractivity contribution in [2.24, 2.45) is 0 Å². The van der Waals surface area contributed by atoms with Gasteiger partial charge in [0, 0.05) is 19.3 Å². The maximum atomic E-state index is 13.3. The lowest BCUT2D eigenvalue weighted by molar-refractivity contribution is -0.122. The lowest BCUT2D eigenvalue weighted by Crippen LogP contribution is -2.30. The average molecular weight is 511 g/mol. The van der Waals surface area contributed by atoms with Crippen molar-refractivity contribution in [3.8, 4) is 11.5 Å². The topological polar surface area (TPSA) is 85.2 Å². The van der Waals surface area contributed by atoms with Crippen molar-refractivity contribution in [1.82, 2.24) is 14.3 Å². The summed E-state index contributed by atoms with van der Waals surface area (Å²) in [6.45, 7) is 4.83. The molecular formula is C25H26N4O4S2. The van der Waals surface area contributed by atoms with E-state index in [9.17, 15) is 9.59 Å². The monoisotopic (exact) mass is 510 g/mol. The van der Waals surface area contributed by atoms with Crippen LogP contribution in [0, 0.1) is 6.92 Å². The Kier molecular flexibility index (Phi) is 7.42. The second kappa shape index (κ2) is 10.5. The van der Waals surface area contributed by atoms with Gasteiger partial charge in [-0.1, -0.05) is 36.1 Å². The van der Waals surface area contributed by atoms with Gasteiger partial charge in [-0.15, -0.1) is 0 Å². The highest BCUT2D eigenvalue weighted by Gasteiger charge is 2.32. The number of thioether (sulfide) groups is 1. The summed E-state index contributed by atoms with van der Waals surface area (Å²) in [5, 5.41) is 3.16. The first-order valence-corrected chi connectivity index (χ1v) is 12.3. The summed E-state index contributed by atoms with van der Waals surface area (Å²) in [5.74, 6) is 1.50. The number of hydrogen-bond acceptors (Lipinski definition) is 8. The van der Waals surface area contributed by atoms with E-state index in [1.165, 1.54) is 16.2 Å². The first kappa shape index (κ1) is 24.7. The number of nitrogens with one attached hydrogen (secondary N) is 1. The van der Waals surface area contributed by atoms with Gasteiger partial charge in [0.05, 0.1) is 24.7 Å². The third-order valence-corrected chi connectivity index (χ3v) is 7.03. The van der Waals surface area contributed by atoms with Crippen molar-refractivity contribution in [3.05, 3.63) is 68.5 Å². The van der Waals surface area contributed by atoms with Crippen LogP contribution in [0.2, 0.25) is 0 Å². The van der Waals surface area contributed by atoms with Crippen molar-refractivity contribution in [2.45, 2.75) is 20.3 Å². The molecule has 0 aliphatic carbocycles. The third kappa shape index (κ3) is 4.89. The molecule has 0 unspecified atom stereocenters. The Balaban J connectivity index is 1.62. The van der Waals surface area contributed by atoms with Crippen LogP contribution in [-0.4, -0.2) is 51.8 Å². The van der Waals surface area contributed by atoms with Crippen molar-refractivity contribution < 1.29 is 14.3 Å². The number of rotatable bonds is 8. The van der Waals surface area contributed by atoms with E-state index in [1.54, 1.807) is 37.5 Å². The molecule has 1 saturated heterocycles. The molecular weight excluding hydrogens is 484 g/mol. The third-order valence-electron chi connectivity index (χ3n) is 5.65. The number of benzene rings is 1. The number of pyridine rings is 1. The number of thiocarbonyl (C=S) groups is 1. The standard InChI is InChI=1S/C25H26N4O4S2/c1-5-26-21-17(23(30)28-11-6-7-15(2)22(28)27-21)14-20-24(31)29(25(34)35-20)12-10-16-8-9-18(32-3)19(13-16)33-4/h6-9,11,13-14,26H,5,10,12H2,1-4H3/b20-14+. The maximum absolute atomic E-state index is 13.3. The molecule has 0 radical (unpaired) electrons. The summed E-state index contributed by atoms with van der Waals surface area (Å²) in [6, 6.07) is 9.36. The maximum Gasteiger partial charge on any atom is 0.267 e. The Morgan fingerprint density at radius 1 is 1.17 bits per heavy atom. The predicted molar refractivity (Wildman–Crippen MR) is 143 cm³/mol. The molecule has 0 spiro atoms. The van der Waals surface area contributed by atoms with Crippen LogP contribution in [0.1, 0.15) is 23.6 Å². The molecule has 35 heavy (non-hydrogen) atoms. The van der Waals surface area contributed by atoms with Crippen LogP contribution in [0.15, 0.2) is 46.2 Å². The predicted octanol–water partition coefficient (Wildman–Crippen LogP) is 3.90. The van der Waals surface area contributed by atoms with Gasteiger partial charge in [0.1, 0.15) is 15.8 Å². The van der Waals surface area contributed by atoms with Crippen molar-refractivity contribution in [2.75, 3.05) is 32.6 Å². The first-order valence-electron chi connectivity index (χ1n) is 11.1. The molecule has 1 N–H and O–H groups in total. The van der Waals surface area contributed by atoms with Gasteiger partial charge in [-0.3, -0.25) is 18.9 Å². The van der Waals surface area contributed by atoms with E-state index in [-0.39, 0.29) is 11.5 Å². The molecule has 0 saturated carbocycles. The number of ether oxygens (including phenoxy) is 2. The van der Waals surface area contributed by atoms with E-state index in [2.05, 4.69) is 10.3 Å². The highest BCUT2D eigenvalue weighted by Crippen LogP contribution is 2.34. The second-order valence-electron chi connectivity index (χ2n) is 7.87. The lowest BCUT2D eigenvalue weighted by Gasteiger charge is -2.15. The summed E-state index contributed by atoms with van der Waals surface area (Å²) in [4.78, 5) is 33.1. The van der Waals surface area contributed by atoms with Gasteiger partial charge in [-0.05, 0) is 55.7 Å². The number of hydrogen-bond donors (Lipinski definition) is 1. The van der Waals surface area contributed by atoms with Crippen LogP contribution in [0.3, 0.4) is 0 Å². The quantitative estimate of drug-likeness (QED) is 0.361. The molecule has 3 aromatic rings. The number of amides is 1. The Bertz CT molecular complexity index is 1400. The number of aromatic nitrogens is 2. The molecule has 4 rings (SSSR count). The normalized spacial score (nSPS) is 14.7. The van der Waals surface area contributed by atoms with Gasteiger partial charge < -0.3 is 14.8 Å². The Morgan fingerprint density at radius 3 is 2.66 bits per heavy atom. The van der Waals surface area contributed by atoms with E-state index in [1.807, 2.05) is 38.1 Å². The summed E-state index contributed by atoms with van der Waals surface area (Å²) >= 11 is 6.68. The minimum Gasteiger partial charge on any atom is -0.493 e. The van der Waals surface area contributed by atoms with E-state index in [0.29, 0.717) is 57.3 Å². The number of nitrogens with zero attached hydrogens (tertiary/aromatic N) is 3. The molecule has 1 aliphatic rings. The van der Waals surface area contributed by atoms with Gasteiger partial charge in [0.2, 0.25) is 0 Å². The number of methoxy groups -OCH3 is 2. The smallest absolute Gasteiger partial charge is 0.267 e. The van der Waals surface area contributed by atoms with Gasteiger partial charge in [-0.2, -0.15) is 0 Å². The molecule has 1 fully saturated rings. The van der Waals surface area contributed by atoms with Crippen LogP contribution in [0.5, 0.6) is 11.5 Å². The fourth-order valence-corrected chi connectivity index (χ4v) is 5.14. The number of aryl methyl sites for hydroxylation is 1. The number of fused-ring (bicyclic) bond motifs is 1. The lowest BCUT2D eigenvalue weighted by atomic mass is 10.1. The van der Waals surface area contributed by atoms with Gasteiger partial charge in [-0.25, -0.2) is 4.98 Å². The molecule has 0 bridgehead atoms. The zero-order valence-corrected chi connectivity index (χ0v) is 21.6.